The Morgan fingerprint density at radius 1 is 1.10 bits per heavy atom. The van der Waals surface area contributed by atoms with Crippen molar-refractivity contribution in [2.24, 2.45) is 4.99 Å². The van der Waals surface area contributed by atoms with Gasteiger partial charge in [-0.3, -0.25) is 9.79 Å². The molecule has 1 aliphatic rings. The summed E-state index contributed by atoms with van der Waals surface area (Å²) in [6, 6.07) is 15.0. The van der Waals surface area contributed by atoms with Gasteiger partial charge in [-0.25, -0.2) is 4.39 Å². The van der Waals surface area contributed by atoms with Gasteiger partial charge in [0.25, 0.3) is 0 Å². The molecule has 0 bridgehead atoms. The van der Waals surface area contributed by atoms with Gasteiger partial charge in [-0.2, -0.15) is 0 Å². The van der Waals surface area contributed by atoms with Gasteiger partial charge in [-0.05, 0) is 30.0 Å². The van der Waals surface area contributed by atoms with E-state index < -0.39 is 0 Å². The molecule has 0 radical (unpaired) electrons. The Kier molecular flexibility index (Phi) is 9.37. The first-order valence-electron chi connectivity index (χ1n) is 9.70. The van der Waals surface area contributed by atoms with Crippen LogP contribution < -0.4 is 10.6 Å². The second-order valence-electron chi connectivity index (χ2n) is 6.88. The molecule has 2 aromatic carbocycles. The highest BCUT2D eigenvalue weighted by Gasteiger charge is 2.19. The minimum Gasteiger partial charge on any atom is -0.356 e. The summed E-state index contributed by atoms with van der Waals surface area (Å²) in [5.41, 5.74) is 3.18. The van der Waals surface area contributed by atoms with Gasteiger partial charge in [0.1, 0.15) is 5.82 Å². The Morgan fingerprint density at radius 2 is 1.83 bits per heavy atom. The Bertz CT molecular complexity index is 843. The summed E-state index contributed by atoms with van der Waals surface area (Å²) in [7, 11) is 1.67. The Labute approximate surface area is 188 Å². The number of benzene rings is 2. The van der Waals surface area contributed by atoms with Gasteiger partial charge in [0.2, 0.25) is 5.91 Å². The highest BCUT2D eigenvalue weighted by Crippen LogP contribution is 2.19. The number of hydrogen-bond acceptors (Lipinski definition) is 2. The predicted octanol–water partition coefficient (Wildman–Crippen LogP) is 3.47. The van der Waals surface area contributed by atoms with Crippen molar-refractivity contribution in [2.45, 2.75) is 32.4 Å². The van der Waals surface area contributed by atoms with Gasteiger partial charge >= 0.3 is 0 Å². The van der Waals surface area contributed by atoms with Crippen LogP contribution >= 0.6 is 24.0 Å². The van der Waals surface area contributed by atoms with Crippen LogP contribution in [0.3, 0.4) is 0 Å². The molecule has 2 aromatic rings. The van der Waals surface area contributed by atoms with Crippen molar-refractivity contribution >= 4 is 35.8 Å². The number of amides is 1. The van der Waals surface area contributed by atoms with Crippen LogP contribution in [-0.2, 0) is 24.3 Å². The number of aliphatic imine (C=N–C) groups is 1. The van der Waals surface area contributed by atoms with Crippen LogP contribution in [0.25, 0.3) is 0 Å². The van der Waals surface area contributed by atoms with Crippen LogP contribution in [0.1, 0.15) is 29.5 Å². The quantitative estimate of drug-likeness (QED) is 0.271. The predicted molar refractivity (Wildman–Crippen MR) is 125 cm³/mol. The third-order valence-corrected chi connectivity index (χ3v) is 4.97. The summed E-state index contributed by atoms with van der Waals surface area (Å²) in [4.78, 5) is 18.6. The molecule has 3 rings (SSSR count). The highest BCUT2D eigenvalue weighted by molar-refractivity contribution is 14.0. The normalized spacial score (nSPS) is 13.3. The van der Waals surface area contributed by atoms with Gasteiger partial charge in [-0.1, -0.05) is 42.5 Å². The van der Waals surface area contributed by atoms with E-state index in [9.17, 15) is 9.18 Å². The van der Waals surface area contributed by atoms with E-state index in [2.05, 4.69) is 33.8 Å². The maximum Gasteiger partial charge on any atom is 0.222 e. The Hall–Kier alpha value is -2.16. The number of hydrogen-bond donors (Lipinski definition) is 2. The lowest BCUT2D eigenvalue weighted by Gasteiger charge is -2.29. The number of nitrogens with zero attached hydrogens (tertiary/aromatic N) is 2. The van der Waals surface area contributed by atoms with Crippen LogP contribution in [0.15, 0.2) is 53.5 Å². The van der Waals surface area contributed by atoms with Crippen LogP contribution in [0.4, 0.5) is 4.39 Å². The van der Waals surface area contributed by atoms with E-state index in [-0.39, 0.29) is 35.7 Å². The fourth-order valence-electron chi connectivity index (χ4n) is 3.35. The third-order valence-electron chi connectivity index (χ3n) is 4.97. The molecular weight excluding hydrogens is 482 g/mol. The van der Waals surface area contributed by atoms with E-state index in [1.807, 2.05) is 11.0 Å². The van der Waals surface area contributed by atoms with Crippen molar-refractivity contribution in [2.75, 3.05) is 20.1 Å². The highest BCUT2D eigenvalue weighted by atomic mass is 127. The summed E-state index contributed by atoms with van der Waals surface area (Å²) >= 11 is 0. The molecule has 0 aliphatic carbocycles. The fraction of sp³-hybridized carbons (Fsp3) is 0.364. The number of guanidine groups is 1. The number of halogens is 2. The molecule has 7 heteroatoms. The number of nitrogens with one attached hydrogen (secondary N) is 2. The summed E-state index contributed by atoms with van der Waals surface area (Å²) in [5, 5.41) is 6.27. The van der Waals surface area contributed by atoms with Gasteiger partial charge < -0.3 is 15.5 Å². The standard InChI is InChI=1S/C22H27FN4O.HI/c1-24-22(26-15-18-8-4-5-10-20(18)23)25-13-6-11-21(28)27-14-12-17-7-2-3-9-19(17)16-27;/h2-5,7-10H,6,11-16H2,1H3,(H2,24,25,26);1H. The van der Waals surface area contributed by atoms with Crippen LogP contribution in [-0.4, -0.2) is 36.9 Å². The van der Waals surface area contributed by atoms with Crippen molar-refractivity contribution in [3.05, 3.63) is 71.0 Å². The van der Waals surface area contributed by atoms with Gasteiger partial charge in [0.15, 0.2) is 5.96 Å². The first-order valence-corrected chi connectivity index (χ1v) is 9.70. The van der Waals surface area contributed by atoms with Crippen LogP contribution in [0, 0.1) is 5.82 Å². The molecule has 1 amide bonds. The fourth-order valence-corrected chi connectivity index (χ4v) is 3.35. The zero-order valence-electron chi connectivity index (χ0n) is 16.7. The summed E-state index contributed by atoms with van der Waals surface area (Å²) < 4.78 is 13.7. The van der Waals surface area contributed by atoms with Crippen LogP contribution in [0.2, 0.25) is 0 Å². The molecule has 2 N–H and O–H groups in total. The van der Waals surface area contributed by atoms with E-state index in [1.54, 1.807) is 25.2 Å². The zero-order chi connectivity index (χ0) is 19.8. The average Bonchev–Trinajstić information content (AvgIpc) is 2.73. The molecule has 0 aromatic heterocycles. The molecule has 29 heavy (non-hydrogen) atoms. The lowest BCUT2D eigenvalue weighted by molar-refractivity contribution is -0.132. The molecule has 0 saturated heterocycles. The largest absolute Gasteiger partial charge is 0.356 e. The van der Waals surface area contributed by atoms with Crippen molar-refractivity contribution in [3.8, 4) is 0 Å². The molecule has 5 nitrogen and oxygen atoms in total. The van der Waals surface area contributed by atoms with Crippen molar-refractivity contribution in [1.82, 2.24) is 15.5 Å². The van der Waals surface area contributed by atoms with E-state index in [1.165, 1.54) is 17.2 Å². The van der Waals surface area contributed by atoms with E-state index in [0.29, 0.717) is 37.6 Å². The van der Waals surface area contributed by atoms with Gasteiger partial charge in [-0.15, -0.1) is 24.0 Å². The molecule has 0 spiro atoms. The monoisotopic (exact) mass is 510 g/mol. The SMILES string of the molecule is CN=C(NCCCC(=O)N1CCc2ccccc2C1)NCc1ccccc1F.I. The number of carbonyl (C=O) groups excluding carboxylic acids is 1. The summed E-state index contributed by atoms with van der Waals surface area (Å²) in [6.45, 7) is 2.48. The molecule has 0 atom stereocenters. The van der Waals surface area contributed by atoms with Gasteiger partial charge in [0.05, 0.1) is 0 Å². The zero-order valence-corrected chi connectivity index (χ0v) is 19.0. The summed E-state index contributed by atoms with van der Waals surface area (Å²) in [6.07, 6.45) is 2.14. The molecular formula is C22H28FIN4O. The first kappa shape index (κ1) is 23.1. The van der Waals surface area contributed by atoms with Crippen LogP contribution in [0.5, 0.6) is 0 Å². The second-order valence-corrected chi connectivity index (χ2v) is 6.88. The maximum atomic E-state index is 13.7. The summed E-state index contributed by atoms with van der Waals surface area (Å²) in [5.74, 6) is 0.548. The van der Waals surface area contributed by atoms with Crippen molar-refractivity contribution in [3.63, 3.8) is 0 Å². The van der Waals surface area contributed by atoms with Gasteiger partial charge in [0, 0.05) is 45.2 Å². The smallest absolute Gasteiger partial charge is 0.222 e. The topological polar surface area (TPSA) is 56.7 Å². The molecule has 0 fully saturated rings. The van der Waals surface area contributed by atoms with Crippen molar-refractivity contribution < 1.29 is 9.18 Å². The van der Waals surface area contributed by atoms with E-state index in [4.69, 9.17) is 0 Å². The molecule has 1 heterocycles. The molecule has 0 unspecified atom stereocenters. The average molecular weight is 510 g/mol. The second kappa shape index (κ2) is 11.7. The lowest BCUT2D eigenvalue weighted by atomic mass is 9.99. The lowest BCUT2D eigenvalue weighted by Crippen LogP contribution is -2.38. The first-order chi connectivity index (χ1) is 13.7. The Balaban J connectivity index is 0.00000300. The Morgan fingerprint density at radius 3 is 2.59 bits per heavy atom. The third kappa shape index (κ3) is 6.69. The minimum atomic E-state index is -0.237. The molecule has 1 aliphatic heterocycles. The van der Waals surface area contributed by atoms with E-state index >= 15 is 0 Å². The van der Waals surface area contributed by atoms with Crippen molar-refractivity contribution in [1.29, 1.82) is 0 Å². The number of carbonyl (C=O) groups is 1. The van der Waals surface area contributed by atoms with E-state index in [0.717, 1.165) is 19.4 Å². The number of rotatable bonds is 6. The maximum absolute atomic E-state index is 13.7. The molecule has 156 valence electrons. The molecule has 0 saturated carbocycles. The minimum absolute atomic E-state index is 0. The number of fused-ring (bicyclic) bond motifs is 1.